The van der Waals surface area contributed by atoms with E-state index in [1.807, 2.05) is 0 Å². The Balaban J connectivity index is 1.90. The van der Waals surface area contributed by atoms with E-state index in [0.29, 0.717) is 5.69 Å². The van der Waals surface area contributed by atoms with Crippen LogP contribution in [0.25, 0.3) is 0 Å². The van der Waals surface area contributed by atoms with Crippen LogP contribution in [0.2, 0.25) is 0 Å². The number of aryl methyl sites for hydroxylation is 1. The Morgan fingerprint density at radius 3 is 2.67 bits per heavy atom. The molecule has 0 aliphatic heterocycles. The predicted octanol–water partition coefficient (Wildman–Crippen LogP) is 1.84. The van der Waals surface area contributed by atoms with Crippen molar-refractivity contribution in [1.82, 2.24) is 9.88 Å². The number of aromatic nitrogens is 1. The molecular formula is C13H19N3O2. The molecule has 1 fully saturated rings. The molecule has 0 radical (unpaired) electrons. The van der Waals surface area contributed by atoms with E-state index in [9.17, 15) is 9.59 Å². The number of urea groups is 1. The first-order chi connectivity index (χ1) is 8.65. The molecule has 0 aromatic carbocycles. The van der Waals surface area contributed by atoms with Crippen LogP contribution in [0.1, 0.15) is 32.1 Å². The van der Waals surface area contributed by atoms with Crippen LogP contribution < -0.4 is 16.2 Å². The highest BCUT2D eigenvalue weighted by molar-refractivity contribution is 5.89. The first-order valence-corrected chi connectivity index (χ1v) is 6.39. The zero-order valence-corrected chi connectivity index (χ0v) is 10.6. The van der Waals surface area contributed by atoms with Gasteiger partial charge in [-0.05, 0) is 18.9 Å². The van der Waals surface area contributed by atoms with E-state index in [-0.39, 0.29) is 17.6 Å². The summed E-state index contributed by atoms with van der Waals surface area (Å²) in [5.74, 6) is 0. The van der Waals surface area contributed by atoms with Crippen LogP contribution in [-0.2, 0) is 7.05 Å². The number of nitrogens with one attached hydrogen (secondary N) is 2. The molecule has 0 spiro atoms. The number of anilines is 1. The SMILES string of the molecule is Cn1cc(NC(=O)NC2CCCCC2)ccc1=O. The Morgan fingerprint density at radius 2 is 2.00 bits per heavy atom. The van der Waals surface area contributed by atoms with Crippen molar-refractivity contribution in [2.75, 3.05) is 5.32 Å². The lowest BCUT2D eigenvalue weighted by atomic mass is 9.96. The van der Waals surface area contributed by atoms with Gasteiger partial charge in [0, 0.05) is 25.4 Å². The second kappa shape index (κ2) is 5.71. The van der Waals surface area contributed by atoms with Crippen molar-refractivity contribution >= 4 is 11.7 Å². The van der Waals surface area contributed by atoms with Crippen molar-refractivity contribution < 1.29 is 4.79 Å². The third-order valence-electron chi connectivity index (χ3n) is 3.28. The summed E-state index contributed by atoms with van der Waals surface area (Å²) in [6.07, 6.45) is 7.36. The minimum absolute atomic E-state index is 0.0896. The van der Waals surface area contributed by atoms with Gasteiger partial charge in [0.1, 0.15) is 0 Å². The summed E-state index contributed by atoms with van der Waals surface area (Å²) in [5.41, 5.74) is 0.540. The minimum Gasteiger partial charge on any atom is -0.335 e. The molecule has 18 heavy (non-hydrogen) atoms. The fourth-order valence-electron chi connectivity index (χ4n) is 2.27. The molecule has 2 rings (SSSR count). The second-order valence-electron chi connectivity index (χ2n) is 4.80. The Labute approximate surface area is 106 Å². The van der Waals surface area contributed by atoms with Gasteiger partial charge in [0.15, 0.2) is 0 Å². The average molecular weight is 249 g/mol. The molecule has 1 aliphatic carbocycles. The monoisotopic (exact) mass is 249 g/mol. The summed E-state index contributed by atoms with van der Waals surface area (Å²) in [7, 11) is 1.66. The summed E-state index contributed by atoms with van der Waals surface area (Å²) in [4.78, 5) is 23.0. The Morgan fingerprint density at radius 1 is 1.28 bits per heavy atom. The van der Waals surface area contributed by atoms with Crippen molar-refractivity contribution in [3.05, 3.63) is 28.7 Å². The molecule has 5 heteroatoms. The average Bonchev–Trinajstić information content (AvgIpc) is 2.35. The van der Waals surface area contributed by atoms with Gasteiger partial charge in [-0.3, -0.25) is 4.79 Å². The largest absolute Gasteiger partial charge is 0.335 e. The van der Waals surface area contributed by atoms with Crippen LogP contribution in [0, 0.1) is 0 Å². The summed E-state index contributed by atoms with van der Waals surface area (Å²) in [5, 5.41) is 5.71. The molecule has 0 bridgehead atoms. The highest BCUT2D eigenvalue weighted by Gasteiger charge is 2.15. The van der Waals surface area contributed by atoms with Crippen LogP contribution in [0.15, 0.2) is 23.1 Å². The van der Waals surface area contributed by atoms with E-state index in [4.69, 9.17) is 0 Å². The van der Waals surface area contributed by atoms with Gasteiger partial charge in [-0.1, -0.05) is 19.3 Å². The predicted molar refractivity (Wildman–Crippen MR) is 70.7 cm³/mol. The number of carbonyl (C=O) groups is 1. The van der Waals surface area contributed by atoms with Crippen LogP contribution in [0.3, 0.4) is 0 Å². The van der Waals surface area contributed by atoms with Crippen molar-refractivity contribution in [2.24, 2.45) is 7.05 Å². The van der Waals surface area contributed by atoms with Crippen LogP contribution >= 0.6 is 0 Å². The van der Waals surface area contributed by atoms with E-state index in [2.05, 4.69) is 10.6 Å². The summed E-state index contributed by atoms with van der Waals surface area (Å²) in [6, 6.07) is 3.14. The lowest BCUT2D eigenvalue weighted by molar-refractivity contribution is 0.244. The molecule has 2 N–H and O–H groups in total. The van der Waals surface area contributed by atoms with Gasteiger partial charge in [0.25, 0.3) is 0 Å². The molecule has 5 nitrogen and oxygen atoms in total. The lowest BCUT2D eigenvalue weighted by Crippen LogP contribution is -2.39. The molecule has 1 aromatic heterocycles. The van der Waals surface area contributed by atoms with E-state index in [0.717, 1.165) is 12.8 Å². The fourth-order valence-corrected chi connectivity index (χ4v) is 2.27. The van der Waals surface area contributed by atoms with Crippen LogP contribution in [0.4, 0.5) is 10.5 Å². The van der Waals surface area contributed by atoms with Crippen LogP contribution in [-0.4, -0.2) is 16.6 Å². The highest BCUT2D eigenvalue weighted by Crippen LogP contribution is 2.17. The number of pyridine rings is 1. The van der Waals surface area contributed by atoms with Crippen LogP contribution in [0.5, 0.6) is 0 Å². The molecule has 0 atom stereocenters. The quantitative estimate of drug-likeness (QED) is 0.840. The van der Waals surface area contributed by atoms with E-state index in [1.165, 1.54) is 29.9 Å². The Bertz CT molecular complexity index is 475. The third kappa shape index (κ3) is 3.35. The molecule has 98 valence electrons. The molecule has 0 unspecified atom stereocenters. The van der Waals surface area contributed by atoms with Crippen molar-refractivity contribution in [1.29, 1.82) is 0 Å². The van der Waals surface area contributed by atoms with E-state index >= 15 is 0 Å². The number of nitrogens with zero attached hydrogens (tertiary/aromatic N) is 1. The van der Waals surface area contributed by atoms with Crippen molar-refractivity contribution in [2.45, 2.75) is 38.1 Å². The molecular weight excluding hydrogens is 230 g/mol. The van der Waals surface area contributed by atoms with Gasteiger partial charge in [-0.25, -0.2) is 4.79 Å². The number of rotatable bonds is 2. The summed E-state index contributed by atoms with van der Waals surface area (Å²) in [6.45, 7) is 0. The number of hydrogen-bond donors (Lipinski definition) is 2. The Hall–Kier alpha value is -1.78. The number of carbonyl (C=O) groups excluding carboxylic acids is 1. The maximum atomic E-state index is 11.8. The van der Waals surface area contributed by atoms with E-state index < -0.39 is 0 Å². The van der Waals surface area contributed by atoms with Gasteiger partial charge < -0.3 is 15.2 Å². The van der Waals surface area contributed by atoms with Gasteiger partial charge in [-0.15, -0.1) is 0 Å². The van der Waals surface area contributed by atoms with Gasteiger partial charge >= 0.3 is 6.03 Å². The lowest BCUT2D eigenvalue weighted by Gasteiger charge is -2.22. The topological polar surface area (TPSA) is 63.1 Å². The number of hydrogen-bond acceptors (Lipinski definition) is 2. The Kier molecular flexibility index (Phi) is 4.02. The first-order valence-electron chi connectivity index (χ1n) is 6.39. The maximum absolute atomic E-state index is 11.8. The zero-order valence-electron chi connectivity index (χ0n) is 10.6. The number of amides is 2. The summed E-state index contributed by atoms with van der Waals surface area (Å²) < 4.78 is 1.44. The standard InChI is InChI=1S/C13H19N3O2/c1-16-9-11(7-8-12(16)17)15-13(18)14-10-5-3-2-4-6-10/h7-10H,2-6H2,1H3,(H2,14,15,18). The highest BCUT2D eigenvalue weighted by atomic mass is 16.2. The minimum atomic E-state index is -0.194. The molecule has 2 amide bonds. The second-order valence-corrected chi connectivity index (χ2v) is 4.80. The van der Waals surface area contributed by atoms with Crippen molar-refractivity contribution in [3.63, 3.8) is 0 Å². The molecule has 1 aliphatic rings. The smallest absolute Gasteiger partial charge is 0.319 e. The van der Waals surface area contributed by atoms with Gasteiger partial charge in [0.2, 0.25) is 5.56 Å². The molecule has 1 saturated carbocycles. The first kappa shape index (κ1) is 12.7. The van der Waals surface area contributed by atoms with E-state index in [1.54, 1.807) is 19.3 Å². The maximum Gasteiger partial charge on any atom is 0.319 e. The molecule has 1 heterocycles. The summed E-state index contributed by atoms with van der Waals surface area (Å²) >= 11 is 0. The van der Waals surface area contributed by atoms with Crippen molar-refractivity contribution in [3.8, 4) is 0 Å². The normalized spacial score (nSPS) is 16.3. The third-order valence-corrected chi connectivity index (χ3v) is 3.28. The van der Waals surface area contributed by atoms with Gasteiger partial charge in [0.05, 0.1) is 5.69 Å². The molecule has 0 saturated heterocycles. The fraction of sp³-hybridized carbons (Fsp3) is 0.538. The molecule has 1 aromatic rings. The van der Waals surface area contributed by atoms with Gasteiger partial charge in [-0.2, -0.15) is 0 Å². The zero-order chi connectivity index (χ0) is 13.0.